The number of fused-ring (bicyclic) bond motifs is 2. The molecule has 0 spiro atoms. The predicted molar refractivity (Wildman–Crippen MR) is 131 cm³/mol. The predicted octanol–water partition coefficient (Wildman–Crippen LogP) is 3.52. The van der Waals surface area contributed by atoms with Gasteiger partial charge in [-0.05, 0) is 37.8 Å². The van der Waals surface area contributed by atoms with Crippen LogP contribution in [0.5, 0.6) is 0 Å². The fourth-order valence-corrected chi connectivity index (χ4v) is 4.76. The molecule has 2 aromatic rings. The molecule has 2 atom stereocenters. The van der Waals surface area contributed by atoms with Crippen LogP contribution in [0.1, 0.15) is 32.7 Å². The number of hydrogen-bond donors (Lipinski definition) is 3. The van der Waals surface area contributed by atoms with E-state index in [0.717, 1.165) is 44.3 Å². The maximum atomic E-state index is 11.5. The van der Waals surface area contributed by atoms with Crippen molar-refractivity contribution in [2.75, 3.05) is 48.9 Å². The Kier molecular flexibility index (Phi) is 6.59. The van der Waals surface area contributed by atoms with Crippen LogP contribution in [0, 0.1) is 5.41 Å². The number of amides is 1. The topological polar surface area (TPSA) is 122 Å². The SMILES string of the molecule is COC(=O)Nc1ccc(-c2nc(N3CC4CCC(C3)O4)nc(NC3CCOCC3)c2C=N)cc1.[HH]. The monoisotopic (exact) mass is 468 g/mol. The van der Waals surface area contributed by atoms with Gasteiger partial charge in [0.25, 0.3) is 0 Å². The summed E-state index contributed by atoms with van der Waals surface area (Å²) in [4.78, 5) is 23.6. The van der Waals surface area contributed by atoms with Crippen LogP contribution in [0.3, 0.4) is 0 Å². The number of aromatic nitrogens is 2. The number of carbonyl (C=O) groups excluding carboxylic acids is 1. The number of carbonyl (C=O) groups is 1. The number of ether oxygens (including phenoxy) is 3. The van der Waals surface area contributed by atoms with Gasteiger partial charge in [0.15, 0.2) is 0 Å². The summed E-state index contributed by atoms with van der Waals surface area (Å²) in [7, 11) is 1.33. The Morgan fingerprint density at radius 2 is 1.85 bits per heavy atom. The Balaban J connectivity index is 0.00000289. The molecule has 2 unspecified atom stereocenters. The first-order valence-electron chi connectivity index (χ1n) is 11.8. The number of anilines is 3. The largest absolute Gasteiger partial charge is 0.453 e. The maximum Gasteiger partial charge on any atom is 0.411 e. The van der Waals surface area contributed by atoms with Crippen LogP contribution < -0.4 is 15.5 Å². The maximum absolute atomic E-state index is 11.5. The molecule has 10 nitrogen and oxygen atoms in total. The zero-order valence-corrected chi connectivity index (χ0v) is 19.3. The van der Waals surface area contributed by atoms with Gasteiger partial charge in [0, 0.05) is 51.2 Å². The third-order valence-corrected chi connectivity index (χ3v) is 6.56. The van der Waals surface area contributed by atoms with Crippen molar-refractivity contribution >= 4 is 29.8 Å². The van der Waals surface area contributed by atoms with E-state index in [0.29, 0.717) is 41.9 Å². The Morgan fingerprint density at radius 3 is 2.50 bits per heavy atom. The van der Waals surface area contributed by atoms with Crippen LogP contribution in [0.2, 0.25) is 0 Å². The molecule has 1 aromatic carbocycles. The molecule has 3 fully saturated rings. The molecule has 182 valence electrons. The molecule has 34 heavy (non-hydrogen) atoms. The Bertz CT molecular complexity index is 1040. The van der Waals surface area contributed by atoms with E-state index in [2.05, 4.69) is 20.3 Å². The van der Waals surface area contributed by atoms with Crippen LogP contribution in [-0.2, 0) is 14.2 Å². The standard InChI is InChI=1S/C24H30N6O4.H2/c1-32-24(31)27-16-4-2-15(3-5-16)21-20(12-25)22(26-17-8-10-33-11-9-17)29-23(28-21)30-13-18-6-7-19(14-30)34-18;/h2-5,12,17-19,25H,6-11,13-14H2,1H3,(H,27,31)(H,26,28,29);1H. The fraction of sp³-hybridized carbons (Fsp3) is 0.500. The van der Waals surface area contributed by atoms with Gasteiger partial charge >= 0.3 is 6.09 Å². The van der Waals surface area contributed by atoms with E-state index in [1.807, 2.05) is 12.1 Å². The zero-order chi connectivity index (χ0) is 23.5. The van der Waals surface area contributed by atoms with Crippen LogP contribution in [0.25, 0.3) is 11.3 Å². The van der Waals surface area contributed by atoms with Crippen molar-refractivity contribution in [2.45, 2.75) is 43.9 Å². The average Bonchev–Trinajstić information content (AvgIpc) is 3.21. The second kappa shape index (κ2) is 9.94. The normalized spacial score (nSPS) is 22.3. The van der Waals surface area contributed by atoms with Gasteiger partial charge in [-0.25, -0.2) is 9.78 Å². The first-order valence-corrected chi connectivity index (χ1v) is 11.8. The van der Waals surface area contributed by atoms with Crippen LogP contribution in [-0.4, -0.2) is 73.9 Å². The number of nitrogens with one attached hydrogen (secondary N) is 3. The number of rotatable bonds is 6. The van der Waals surface area contributed by atoms with Gasteiger partial charge in [-0.2, -0.15) is 4.98 Å². The minimum Gasteiger partial charge on any atom is -0.453 e. The first kappa shape index (κ1) is 22.5. The summed E-state index contributed by atoms with van der Waals surface area (Å²) in [6.45, 7) is 2.95. The Hall–Kier alpha value is -3.24. The average molecular weight is 469 g/mol. The van der Waals surface area contributed by atoms with Gasteiger partial charge in [-0.15, -0.1) is 0 Å². The molecule has 0 saturated carbocycles. The molecule has 3 N–H and O–H groups in total. The molecule has 3 saturated heterocycles. The first-order chi connectivity index (χ1) is 16.6. The molecule has 10 heteroatoms. The number of benzene rings is 1. The van der Waals surface area contributed by atoms with Gasteiger partial charge in [0.05, 0.1) is 30.6 Å². The highest BCUT2D eigenvalue weighted by Crippen LogP contribution is 2.33. The van der Waals surface area contributed by atoms with Crippen LogP contribution >= 0.6 is 0 Å². The quantitative estimate of drug-likeness (QED) is 0.551. The number of morpholine rings is 1. The third-order valence-electron chi connectivity index (χ3n) is 6.56. The van der Waals surface area contributed by atoms with E-state index in [-0.39, 0.29) is 19.7 Å². The molecule has 3 aliphatic heterocycles. The van der Waals surface area contributed by atoms with Gasteiger partial charge in [0.1, 0.15) is 5.82 Å². The molecule has 4 heterocycles. The second-order valence-electron chi connectivity index (χ2n) is 8.87. The minimum absolute atomic E-state index is 0. The number of methoxy groups -OCH3 is 1. The van der Waals surface area contributed by atoms with E-state index < -0.39 is 6.09 Å². The molecule has 3 aliphatic rings. The molecule has 1 amide bonds. The Morgan fingerprint density at radius 1 is 1.15 bits per heavy atom. The highest BCUT2D eigenvalue weighted by atomic mass is 16.5. The number of nitrogens with zero attached hydrogens (tertiary/aromatic N) is 3. The minimum atomic E-state index is -0.526. The highest BCUT2D eigenvalue weighted by molar-refractivity contribution is 5.94. The van der Waals surface area contributed by atoms with Gasteiger partial charge < -0.3 is 29.8 Å². The van der Waals surface area contributed by atoms with Gasteiger partial charge in [0.2, 0.25) is 5.95 Å². The third kappa shape index (κ3) is 4.83. The summed E-state index contributed by atoms with van der Waals surface area (Å²) in [5, 5.41) is 14.4. The van der Waals surface area contributed by atoms with E-state index in [1.165, 1.54) is 13.3 Å². The second-order valence-corrected chi connectivity index (χ2v) is 8.87. The van der Waals surface area contributed by atoms with Crippen molar-refractivity contribution in [3.05, 3.63) is 29.8 Å². The molecule has 0 radical (unpaired) electrons. The molecule has 5 rings (SSSR count). The molecular formula is C24H32N6O4. The summed E-state index contributed by atoms with van der Waals surface area (Å²) in [5.41, 5.74) is 2.77. The van der Waals surface area contributed by atoms with E-state index in [9.17, 15) is 4.79 Å². The van der Waals surface area contributed by atoms with E-state index in [1.54, 1.807) is 12.1 Å². The van der Waals surface area contributed by atoms with E-state index in [4.69, 9.17) is 24.9 Å². The highest BCUT2D eigenvalue weighted by Gasteiger charge is 2.35. The molecular weight excluding hydrogens is 436 g/mol. The zero-order valence-electron chi connectivity index (χ0n) is 19.3. The lowest BCUT2D eigenvalue weighted by atomic mass is 10.0. The van der Waals surface area contributed by atoms with Crippen molar-refractivity contribution in [3.8, 4) is 11.3 Å². The van der Waals surface area contributed by atoms with Crippen LogP contribution in [0.15, 0.2) is 24.3 Å². The molecule has 0 aliphatic carbocycles. The van der Waals surface area contributed by atoms with Crippen molar-refractivity contribution in [2.24, 2.45) is 0 Å². The fourth-order valence-electron chi connectivity index (χ4n) is 4.76. The molecule has 2 bridgehead atoms. The summed E-state index contributed by atoms with van der Waals surface area (Å²) in [6, 6.07) is 7.58. The summed E-state index contributed by atoms with van der Waals surface area (Å²) in [5.74, 6) is 1.31. The summed E-state index contributed by atoms with van der Waals surface area (Å²) >= 11 is 0. The smallest absolute Gasteiger partial charge is 0.411 e. The summed E-state index contributed by atoms with van der Waals surface area (Å²) in [6.07, 6.45) is 5.12. The van der Waals surface area contributed by atoms with Crippen LogP contribution in [0.4, 0.5) is 22.2 Å². The lowest BCUT2D eigenvalue weighted by Crippen LogP contribution is -2.43. The lowest BCUT2D eigenvalue weighted by molar-refractivity contribution is 0.0299. The Labute approximate surface area is 200 Å². The summed E-state index contributed by atoms with van der Waals surface area (Å²) < 4.78 is 16.2. The van der Waals surface area contributed by atoms with Gasteiger partial charge in [-0.1, -0.05) is 12.1 Å². The van der Waals surface area contributed by atoms with Crippen molar-refractivity contribution in [1.29, 1.82) is 5.41 Å². The van der Waals surface area contributed by atoms with Crippen molar-refractivity contribution in [3.63, 3.8) is 0 Å². The van der Waals surface area contributed by atoms with E-state index >= 15 is 0 Å². The molecule has 1 aromatic heterocycles. The number of hydrogen-bond acceptors (Lipinski definition) is 9. The lowest BCUT2D eigenvalue weighted by Gasteiger charge is -2.33. The van der Waals surface area contributed by atoms with Crippen molar-refractivity contribution in [1.82, 2.24) is 9.97 Å². The van der Waals surface area contributed by atoms with Crippen molar-refractivity contribution < 1.29 is 20.4 Å². The van der Waals surface area contributed by atoms with Gasteiger partial charge in [-0.3, -0.25) is 5.32 Å².